The Kier molecular flexibility index (Phi) is 3.76. The Morgan fingerprint density at radius 2 is 1.89 bits per heavy atom. The molecule has 0 saturated carbocycles. The van der Waals surface area contributed by atoms with Gasteiger partial charge in [-0.25, -0.2) is 0 Å². The molecule has 2 aromatic carbocycles. The van der Waals surface area contributed by atoms with Gasteiger partial charge in [0.25, 0.3) is 0 Å². The zero-order valence-corrected chi connectivity index (χ0v) is 10.6. The molecule has 0 amide bonds. The van der Waals surface area contributed by atoms with Crippen molar-refractivity contribution in [2.45, 2.75) is 13.3 Å². The Hall–Kier alpha value is -2.42. The highest BCUT2D eigenvalue weighted by Crippen LogP contribution is 2.28. The molecule has 0 spiro atoms. The van der Waals surface area contributed by atoms with E-state index in [1.165, 1.54) is 0 Å². The molecule has 3 nitrogen and oxygen atoms in total. The van der Waals surface area contributed by atoms with Gasteiger partial charge in [0.2, 0.25) is 0 Å². The highest BCUT2D eigenvalue weighted by molar-refractivity contribution is 5.83. The molecule has 0 aromatic heterocycles. The number of carbonyl (C=O) groups excluding carboxylic acids is 1. The van der Waals surface area contributed by atoms with Gasteiger partial charge < -0.3 is 5.11 Å². The van der Waals surface area contributed by atoms with Crippen LogP contribution in [0, 0.1) is 6.92 Å². The van der Waals surface area contributed by atoms with E-state index < -0.39 is 5.97 Å². The second kappa shape index (κ2) is 5.48. The molecule has 96 valence electrons. The lowest BCUT2D eigenvalue weighted by atomic mass is 9.93. The van der Waals surface area contributed by atoms with Crippen molar-refractivity contribution in [1.82, 2.24) is 0 Å². The Morgan fingerprint density at radius 3 is 2.53 bits per heavy atom. The van der Waals surface area contributed by atoms with Crippen molar-refractivity contribution in [2.75, 3.05) is 0 Å². The third-order valence-corrected chi connectivity index (χ3v) is 3.05. The molecular formula is C16H14O3. The van der Waals surface area contributed by atoms with Gasteiger partial charge in [-0.1, -0.05) is 36.4 Å². The Balaban J connectivity index is 2.61. The zero-order chi connectivity index (χ0) is 13.8. The van der Waals surface area contributed by atoms with Crippen LogP contribution in [0.2, 0.25) is 0 Å². The van der Waals surface area contributed by atoms with Gasteiger partial charge in [0.15, 0.2) is 0 Å². The normalized spacial score (nSPS) is 10.2. The Morgan fingerprint density at radius 1 is 1.16 bits per heavy atom. The quantitative estimate of drug-likeness (QED) is 0.853. The van der Waals surface area contributed by atoms with E-state index in [1.807, 2.05) is 31.2 Å². The number of carboxylic acids is 1. The number of benzene rings is 2. The highest BCUT2D eigenvalue weighted by Gasteiger charge is 2.11. The van der Waals surface area contributed by atoms with Crippen molar-refractivity contribution in [2.24, 2.45) is 0 Å². The molecule has 0 bridgehead atoms. The number of hydrogen-bond donors (Lipinski definition) is 1. The van der Waals surface area contributed by atoms with Crippen molar-refractivity contribution in [1.29, 1.82) is 0 Å². The van der Waals surface area contributed by atoms with Crippen molar-refractivity contribution >= 4 is 12.3 Å². The molecule has 0 fully saturated rings. The molecule has 2 rings (SSSR count). The third kappa shape index (κ3) is 2.88. The predicted molar refractivity (Wildman–Crippen MR) is 73.3 cm³/mol. The summed E-state index contributed by atoms with van der Waals surface area (Å²) in [5.74, 6) is -0.881. The smallest absolute Gasteiger partial charge is 0.307 e. The maximum Gasteiger partial charge on any atom is 0.307 e. The monoisotopic (exact) mass is 254 g/mol. The van der Waals surface area contributed by atoms with E-state index >= 15 is 0 Å². The van der Waals surface area contributed by atoms with Crippen molar-refractivity contribution < 1.29 is 14.7 Å². The second-order valence-corrected chi connectivity index (χ2v) is 4.42. The van der Waals surface area contributed by atoms with Crippen LogP contribution < -0.4 is 0 Å². The van der Waals surface area contributed by atoms with Gasteiger partial charge in [-0.05, 0) is 35.2 Å². The van der Waals surface area contributed by atoms with E-state index in [0.717, 1.165) is 23.0 Å². The second-order valence-electron chi connectivity index (χ2n) is 4.42. The number of aldehydes is 1. The molecule has 0 radical (unpaired) electrons. The van der Waals surface area contributed by atoms with Gasteiger partial charge in [0, 0.05) is 5.56 Å². The van der Waals surface area contributed by atoms with Gasteiger partial charge in [-0.15, -0.1) is 0 Å². The minimum atomic E-state index is -0.881. The molecule has 0 saturated heterocycles. The van der Waals surface area contributed by atoms with Gasteiger partial charge >= 0.3 is 5.97 Å². The molecule has 1 N–H and O–H groups in total. The van der Waals surface area contributed by atoms with Gasteiger partial charge in [0.1, 0.15) is 6.29 Å². The number of carbonyl (C=O) groups is 2. The van der Waals surface area contributed by atoms with Crippen LogP contribution in [0.4, 0.5) is 0 Å². The van der Waals surface area contributed by atoms with E-state index in [0.29, 0.717) is 11.1 Å². The fraction of sp³-hybridized carbons (Fsp3) is 0.125. The summed E-state index contributed by atoms with van der Waals surface area (Å²) in [7, 11) is 0. The average Bonchev–Trinajstić information content (AvgIpc) is 2.39. The van der Waals surface area contributed by atoms with Gasteiger partial charge in [0.05, 0.1) is 6.42 Å². The number of hydrogen-bond acceptors (Lipinski definition) is 2. The van der Waals surface area contributed by atoms with Gasteiger partial charge in [-0.3, -0.25) is 9.59 Å². The maximum absolute atomic E-state index is 10.9. The standard InChI is InChI=1S/C16H14O3/c1-11-4-2-3-5-14(11)15-8-12(10-17)6-7-13(15)9-16(18)19/h2-8,10H,9H2,1H3,(H,18,19). The molecule has 0 aliphatic rings. The molecule has 0 aliphatic heterocycles. The summed E-state index contributed by atoms with van der Waals surface area (Å²) in [6, 6.07) is 12.8. The van der Waals surface area contributed by atoms with E-state index in [4.69, 9.17) is 5.11 Å². The van der Waals surface area contributed by atoms with Crippen LogP contribution in [0.5, 0.6) is 0 Å². The predicted octanol–water partition coefficient (Wildman–Crippen LogP) is 3.10. The number of rotatable bonds is 4. The first kappa shape index (κ1) is 13.0. The van der Waals surface area contributed by atoms with Crippen LogP contribution in [-0.2, 0) is 11.2 Å². The summed E-state index contributed by atoms with van der Waals surface area (Å²) in [5, 5.41) is 8.96. The van der Waals surface area contributed by atoms with Crippen LogP contribution in [0.3, 0.4) is 0 Å². The first-order valence-electron chi connectivity index (χ1n) is 5.97. The Bertz CT molecular complexity index is 630. The number of carboxylic acid groups (broad SMARTS) is 1. The fourth-order valence-corrected chi connectivity index (χ4v) is 2.11. The first-order chi connectivity index (χ1) is 9.11. The molecule has 3 heteroatoms. The van der Waals surface area contributed by atoms with Crippen LogP contribution >= 0.6 is 0 Å². The minimum Gasteiger partial charge on any atom is -0.481 e. The summed E-state index contributed by atoms with van der Waals surface area (Å²) in [5.41, 5.74) is 4.09. The largest absolute Gasteiger partial charge is 0.481 e. The van der Waals surface area contributed by atoms with Crippen molar-refractivity contribution in [3.8, 4) is 11.1 Å². The summed E-state index contributed by atoms with van der Waals surface area (Å²) >= 11 is 0. The molecule has 0 heterocycles. The number of aryl methyl sites for hydroxylation is 1. The summed E-state index contributed by atoms with van der Waals surface area (Å²) in [6.07, 6.45) is 0.717. The van der Waals surface area contributed by atoms with E-state index in [1.54, 1.807) is 18.2 Å². The summed E-state index contributed by atoms with van der Waals surface area (Å²) in [4.78, 5) is 21.8. The first-order valence-corrected chi connectivity index (χ1v) is 5.97. The van der Waals surface area contributed by atoms with Crippen LogP contribution in [-0.4, -0.2) is 17.4 Å². The lowest BCUT2D eigenvalue weighted by Crippen LogP contribution is -2.03. The highest BCUT2D eigenvalue weighted by atomic mass is 16.4. The van der Waals surface area contributed by atoms with Gasteiger partial charge in [-0.2, -0.15) is 0 Å². The molecular weight excluding hydrogens is 240 g/mol. The topological polar surface area (TPSA) is 54.4 Å². The van der Waals surface area contributed by atoms with Crippen molar-refractivity contribution in [3.05, 3.63) is 59.2 Å². The lowest BCUT2D eigenvalue weighted by Gasteiger charge is -2.11. The molecule has 2 aromatic rings. The SMILES string of the molecule is Cc1ccccc1-c1cc(C=O)ccc1CC(=O)O. The summed E-state index contributed by atoms with van der Waals surface area (Å²) in [6.45, 7) is 1.97. The summed E-state index contributed by atoms with van der Waals surface area (Å²) < 4.78 is 0. The minimum absolute atomic E-state index is 0.0528. The maximum atomic E-state index is 10.9. The Labute approximate surface area is 111 Å². The average molecular weight is 254 g/mol. The van der Waals surface area contributed by atoms with Crippen LogP contribution in [0.15, 0.2) is 42.5 Å². The molecule has 19 heavy (non-hydrogen) atoms. The molecule has 0 atom stereocenters. The van der Waals surface area contributed by atoms with E-state index in [-0.39, 0.29) is 6.42 Å². The van der Waals surface area contributed by atoms with Crippen LogP contribution in [0.1, 0.15) is 21.5 Å². The zero-order valence-electron chi connectivity index (χ0n) is 10.6. The van der Waals surface area contributed by atoms with Crippen LogP contribution in [0.25, 0.3) is 11.1 Å². The number of aliphatic carboxylic acids is 1. The molecule has 0 aliphatic carbocycles. The fourth-order valence-electron chi connectivity index (χ4n) is 2.11. The molecule has 0 unspecified atom stereocenters. The van der Waals surface area contributed by atoms with E-state index in [2.05, 4.69) is 0 Å². The third-order valence-electron chi connectivity index (χ3n) is 3.05. The lowest BCUT2D eigenvalue weighted by molar-refractivity contribution is -0.136. The van der Waals surface area contributed by atoms with Crippen molar-refractivity contribution in [3.63, 3.8) is 0 Å². The van der Waals surface area contributed by atoms with E-state index in [9.17, 15) is 9.59 Å².